The molecule has 28 heavy (non-hydrogen) atoms. The van der Waals surface area contributed by atoms with Crippen LogP contribution in [0, 0.1) is 11.6 Å². The van der Waals surface area contributed by atoms with Crippen molar-refractivity contribution in [2.75, 3.05) is 6.54 Å². The van der Waals surface area contributed by atoms with E-state index in [2.05, 4.69) is 0 Å². The summed E-state index contributed by atoms with van der Waals surface area (Å²) in [5, 5.41) is 9.58. The summed E-state index contributed by atoms with van der Waals surface area (Å²) in [4.78, 5) is 13.1. The number of likely N-dealkylation sites (tertiary alicyclic amines) is 1. The van der Waals surface area contributed by atoms with E-state index >= 15 is 0 Å². The Hall–Kier alpha value is -2.48. The standard InChI is InChI=1S/C20H18F5NO2/c21-12-8-9-14(16(22)11-12)18(26-10-4-3-7-17(26)19(27)28)13-5-1-2-6-15(13)20(23,24)25/h1-2,5-6,8-9,11,17-18H,3-4,7,10H2,(H,27,28). The van der Waals surface area contributed by atoms with Gasteiger partial charge in [-0.3, -0.25) is 9.69 Å². The average molecular weight is 399 g/mol. The van der Waals surface area contributed by atoms with Gasteiger partial charge in [0, 0.05) is 11.6 Å². The summed E-state index contributed by atoms with van der Waals surface area (Å²) in [6, 6.07) is 4.96. The SMILES string of the molecule is O=C(O)C1CCCCN1C(c1ccc(F)cc1F)c1ccccc1C(F)(F)F. The second kappa shape index (κ2) is 7.87. The summed E-state index contributed by atoms with van der Waals surface area (Å²) in [5.74, 6) is -3.06. The van der Waals surface area contributed by atoms with Crippen LogP contribution >= 0.6 is 0 Å². The number of alkyl halides is 3. The van der Waals surface area contributed by atoms with Crippen molar-refractivity contribution in [1.29, 1.82) is 0 Å². The summed E-state index contributed by atoms with van der Waals surface area (Å²) < 4.78 is 68.9. The van der Waals surface area contributed by atoms with Crippen molar-refractivity contribution in [2.45, 2.75) is 37.5 Å². The number of halogens is 5. The normalized spacial score (nSPS) is 19.4. The fraction of sp³-hybridized carbons (Fsp3) is 0.350. The number of hydrogen-bond acceptors (Lipinski definition) is 2. The van der Waals surface area contributed by atoms with Gasteiger partial charge in [-0.2, -0.15) is 13.2 Å². The quantitative estimate of drug-likeness (QED) is 0.735. The first-order valence-corrected chi connectivity index (χ1v) is 8.79. The van der Waals surface area contributed by atoms with E-state index < -0.39 is 41.4 Å². The van der Waals surface area contributed by atoms with Crippen molar-refractivity contribution in [3.05, 3.63) is 70.8 Å². The lowest BCUT2D eigenvalue weighted by Gasteiger charge is -2.40. The van der Waals surface area contributed by atoms with E-state index in [9.17, 15) is 31.9 Å². The zero-order valence-electron chi connectivity index (χ0n) is 14.7. The molecule has 0 bridgehead atoms. The maximum atomic E-state index is 14.6. The molecule has 0 spiro atoms. The van der Waals surface area contributed by atoms with E-state index in [0.717, 1.165) is 18.2 Å². The molecular formula is C20H18F5NO2. The highest BCUT2D eigenvalue weighted by atomic mass is 19.4. The molecule has 2 aromatic rings. The molecule has 0 radical (unpaired) electrons. The Morgan fingerprint density at radius 2 is 1.79 bits per heavy atom. The molecule has 1 heterocycles. The molecule has 0 aliphatic carbocycles. The van der Waals surface area contributed by atoms with Crippen molar-refractivity contribution in [3.8, 4) is 0 Å². The molecule has 1 N–H and O–H groups in total. The number of piperidine rings is 1. The van der Waals surface area contributed by atoms with Crippen LogP contribution in [0.15, 0.2) is 42.5 Å². The molecule has 1 fully saturated rings. The predicted molar refractivity (Wildman–Crippen MR) is 91.6 cm³/mol. The van der Waals surface area contributed by atoms with Gasteiger partial charge >= 0.3 is 12.1 Å². The minimum absolute atomic E-state index is 0.185. The van der Waals surface area contributed by atoms with Gasteiger partial charge in [-0.25, -0.2) is 8.78 Å². The van der Waals surface area contributed by atoms with E-state index in [0.29, 0.717) is 18.9 Å². The third kappa shape index (κ3) is 4.01. The van der Waals surface area contributed by atoms with Crippen LogP contribution < -0.4 is 0 Å². The van der Waals surface area contributed by atoms with E-state index in [1.807, 2.05) is 0 Å². The van der Waals surface area contributed by atoms with Crippen LogP contribution in [0.4, 0.5) is 22.0 Å². The third-order valence-electron chi connectivity index (χ3n) is 4.98. The van der Waals surface area contributed by atoms with Crippen LogP contribution in [0.2, 0.25) is 0 Å². The smallest absolute Gasteiger partial charge is 0.416 e. The number of nitrogens with zero attached hydrogens (tertiary/aromatic N) is 1. The monoisotopic (exact) mass is 399 g/mol. The van der Waals surface area contributed by atoms with Crippen LogP contribution in [0.1, 0.15) is 42.0 Å². The molecule has 3 nitrogen and oxygen atoms in total. The van der Waals surface area contributed by atoms with Crippen molar-refractivity contribution in [1.82, 2.24) is 4.90 Å². The van der Waals surface area contributed by atoms with Crippen molar-refractivity contribution >= 4 is 5.97 Å². The summed E-state index contributed by atoms with van der Waals surface area (Å²) in [6.45, 7) is 0.185. The lowest BCUT2D eigenvalue weighted by atomic mass is 9.88. The first-order chi connectivity index (χ1) is 13.2. The maximum Gasteiger partial charge on any atom is 0.416 e. The minimum Gasteiger partial charge on any atom is -0.480 e. The molecule has 1 aliphatic heterocycles. The van der Waals surface area contributed by atoms with Crippen LogP contribution in [0.3, 0.4) is 0 Å². The average Bonchev–Trinajstić information content (AvgIpc) is 2.63. The molecular weight excluding hydrogens is 381 g/mol. The summed E-state index contributed by atoms with van der Waals surface area (Å²) >= 11 is 0. The first-order valence-electron chi connectivity index (χ1n) is 8.79. The second-order valence-corrected chi connectivity index (χ2v) is 6.74. The molecule has 8 heteroatoms. The number of aliphatic carboxylic acids is 1. The van der Waals surface area contributed by atoms with Crippen LogP contribution in [0.5, 0.6) is 0 Å². The van der Waals surface area contributed by atoms with Gasteiger partial charge in [-0.1, -0.05) is 30.7 Å². The third-order valence-corrected chi connectivity index (χ3v) is 4.98. The van der Waals surface area contributed by atoms with Crippen molar-refractivity contribution in [3.63, 3.8) is 0 Å². The van der Waals surface area contributed by atoms with Crippen LogP contribution in [0.25, 0.3) is 0 Å². The first kappa shape index (κ1) is 20.3. The maximum absolute atomic E-state index is 14.6. The van der Waals surface area contributed by atoms with E-state index in [4.69, 9.17) is 0 Å². The van der Waals surface area contributed by atoms with Crippen molar-refractivity contribution < 1.29 is 31.9 Å². The predicted octanol–water partition coefficient (Wildman–Crippen LogP) is 5.01. The van der Waals surface area contributed by atoms with Gasteiger partial charge < -0.3 is 5.11 Å². The van der Waals surface area contributed by atoms with Gasteiger partial charge in [0.15, 0.2) is 0 Å². The Bertz CT molecular complexity index is 868. The zero-order valence-corrected chi connectivity index (χ0v) is 14.7. The number of carbonyl (C=O) groups is 1. The van der Waals surface area contributed by atoms with Gasteiger partial charge in [-0.05, 0) is 37.1 Å². The lowest BCUT2D eigenvalue weighted by molar-refractivity contribution is -0.145. The Balaban J connectivity index is 2.23. The van der Waals surface area contributed by atoms with Gasteiger partial charge in [0.2, 0.25) is 0 Å². The highest BCUT2D eigenvalue weighted by Gasteiger charge is 2.41. The fourth-order valence-electron chi connectivity index (χ4n) is 3.77. The lowest BCUT2D eigenvalue weighted by Crippen LogP contribution is -2.47. The minimum atomic E-state index is -4.71. The number of hydrogen-bond donors (Lipinski definition) is 1. The number of carboxylic acid groups (broad SMARTS) is 1. The zero-order chi connectivity index (χ0) is 20.5. The summed E-state index contributed by atoms with van der Waals surface area (Å²) in [6.07, 6.45) is -3.30. The Labute approximate surface area is 158 Å². The Morgan fingerprint density at radius 3 is 2.43 bits per heavy atom. The largest absolute Gasteiger partial charge is 0.480 e. The second-order valence-electron chi connectivity index (χ2n) is 6.74. The van der Waals surface area contributed by atoms with Gasteiger partial charge in [0.25, 0.3) is 0 Å². The molecule has 2 unspecified atom stereocenters. The topological polar surface area (TPSA) is 40.5 Å². The van der Waals surface area contributed by atoms with Crippen LogP contribution in [-0.2, 0) is 11.0 Å². The molecule has 150 valence electrons. The molecule has 3 rings (SSSR count). The van der Waals surface area contributed by atoms with Gasteiger partial charge in [0.1, 0.15) is 17.7 Å². The van der Waals surface area contributed by atoms with E-state index in [1.54, 1.807) is 0 Å². The summed E-state index contributed by atoms with van der Waals surface area (Å²) in [7, 11) is 0. The summed E-state index contributed by atoms with van der Waals surface area (Å²) in [5.41, 5.74) is -1.42. The Kier molecular flexibility index (Phi) is 5.69. The molecule has 1 saturated heterocycles. The Morgan fingerprint density at radius 1 is 1.07 bits per heavy atom. The van der Waals surface area contributed by atoms with Crippen molar-refractivity contribution in [2.24, 2.45) is 0 Å². The molecule has 2 atom stereocenters. The molecule has 2 aromatic carbocycles. The molecule has 0 amide bonds. The van der Waals surface area contributed by atoms with Gasteiger partial charge in [-0.15, -0.1) is 0 Å². The molecule has 0 aromatic heterocycles. The molecule has 1 aliphatic rings. The van der Waals surface area contributed by atoms with Crippen LogP contribution in [-0.4, -0.2) is 28.6 Å². The molecule has 0 saturated carbocycles. The highest BCUT2D eigenvalue weighted by molar-refractivity contribution is 5.73. The fourth-order valence-corrected chi connectivity index (χ4v) is 3.77. The van der Waals surface area contributed by atoms with E-state index in [-0.39, 0.29) is 24.1 Å². The highest BCUT2D eigenvalue weighted by Crippen LogP contribution is 2.41. The number of benzene rings is 2. The number of rotatable bonds is 4. The van der Waals surface area contributed by atoms with E-state index in [1.165, 1.54) is 23.1 Å². The van der Waals surface area contributed by atoms with Gasteiger partial charge in [0.05, 0.1) is 11.6 Å². The number of carboxylic acids is 1.